The van der Waals surface area contributed by atoms with E-state index in [-0.39, 0.29) is 12.1 Å². The molecule has 0 radical (unpaired) electrons. The average molecular weight is 381 g/mol. The SMILES string of the molecule is CC1CN(c2ccc(CNC(=O)NCc3ccc(Cl)s3)cn2)CCO1. The number of pyridine rings is 1. The first-order chi connectivity index (χ1) is 12.1. The number of nitrogens with one attached hydrogen (secondary N) is 2. The monoisotopic (exact) mass is 380 g/mol. The van der Waals surface area contributed by atoms with E-state index in [0.717, 1.165) is 40.3 Å². The lowest BCUT2D eigenvalue weighted by molar-refractivity contribution is 0.0529. The second kappa shape index (κ2) is 8.51. The Labute approximate surface area is 156 Å². The van der Waals surface area contributed by atoms with Gasteiger partial charge in [0.1, 0.15) is 5.82 Å². The van der Waals surface area contributed by atoms with E-state index in [1.165, 1.54) is 11.3 Å². The second-order valence-corrected chi connectivity index (χ2v) is 7.69. The van der Waals surface area contributed by atoms with Crippen LogP contribution in [-0.4, -0.2) is 36.8 Å². The molecule has 0 saturated carbocycles. The first-order valence-corrected chi connectivity index (χ1v) is 9.37. The van der Waals surface area contributed by atoms with Gasteiger partial charge >= 0.3 is 6.03 Å². The van der Waals surface area contributed by atoms with Gasteiger partial charge in [-0.15, -0.1) is 11.3 Å². The number of ether oxygens (including phenoxy) is 1. The number of thiophene rings is 1. The number of hydrogen-bond donors (Lipinski definition) is 2. The Morgan fingerprint density at radius 1 is 1.36 bits per heavy atom. The number of carbonyl (C=O) groups excluding carboxylic acids is 1. The summed E-state index contributed by atoms with van der Waals surface area (Å²) >= 11 is 7.33. The minimum absolute atomic E-state index is 0.212. The summed E-state index contributed by atoms with van der Waals surface area (Å²) in [6.07, 6.45) is 2.02. The molecule has 1 aliphatic heterocycles. The van der Waals surface area contributed by atoms with Crippen molar-refractivity contribution in [3.8, 4) is 0 Å². The van der Waals surface area contributed by atoms with E-state index in [0.29, 0.717) is 13.1 Å². The zero-order valence-electron chi connectivity index (χ0n) is 14.0. The van der Waals surface area contributed by atoms with E-state index in [4.69, 9.17) is 16.3 Å². The van der Waals surface area contributed by atoms with E-state index in [1.54, 1.807) is 6.20 Å². The summed E-state index contributed by atoms with van der Waals surface area (Å²) < 4.78 is 6.26. The quantitative estimate of drug-likeness (QED) is 0.836. The lowest BCUT2D eigenvalue weighted by Gasteiger charge is -2.32. The number of aromatic nitrogens is 1. The second-order valence-electron chi connectivity index (χ2n) is 5.89. The molecule has 3 heterocycles. The maximum absolute atomic E-state index is 11.9. The molecule has 0 aromatic carbocycles. The van der Waals surface area contributed by atoms with Crippen LogP contribution in [0.1, 0.15) is 17.4 Å². The van der Waals surface area contributed by atoms with Gasteiger partial charge in [-0.05, 0) is 30.7 Å². The first kappa shape index (κ1) is 18.0. The van der Waals surface area contributed by atoms with E-state index >= 15 is 0 Å². The molecular weight excluding hydrogens is 360 g/mol. The largest absolute Gasteiger partial charge is 0.375 e. The van der Waals surface area contributed by atoms with Crippen molar-refractivity contribution < 1.29 is 9.53 Å². The molecule has 1 unspecified atom stereocenters. The van der Waals surface area contributed by atoms with Crippen molar-refractivity contribution in [1.29, 1.82) is 0 Å². The van der Waals surface area contributed by atoms with Crippen molar-refractivity contribution in [2.45, 2.75) is 26.1 Å². The number of halogens is 1. The number of nitrogens with zero attached hydrogens (tertiary/aromatic N) is 2. The number of anilines is 1. The summed E-state index contributed by atoms with van der Waals surface area (Å²) in [4.78, 5) is 19.6. The molecule has 2 aromatic rings. The van der Waals surface area contributed by atoms with Crippen LogP contribution in [0.2, 0.25) is 4.34 Å². The van der Waals surface area contributed by atoms with Crippen LogP contribution in [0.4, 0.5) is 10.6 Å². The van der Waals surface area contributed by atoms with Crippen molar-refractivity contribution in [3.63, 3.8) is 0 Å². The van der Waals surface area contributed by atoms with Gasteiger partial charge in [0.15, 0.2) is 0 Å². The standard InChI is InChI=1S/C17H21ClN4O2S/c1-12-11-22(6-7-24-12)16-5-2-13(8-19-16)9-20-17(23)21-10-14-3-4-15(18)25-14/h2-5,8,12H,6-7,9-11H2,1H3,(H2,20,21,23). The number of carbonyl (C=O) groups is 1. The zero-order valence-corrected chi connectivity index (χ0v) is 15.6. The van der Waals surface area contributed by atoms with Gasteiger partial charge in [-0.1, -0.05) is 17.7 Å². The Morgan fingerprint density at radius 3 is 2.88 bits per heavy atom. The summed E-state index contributed by atoms with van der Waals surface area (Å²) in [6.45, 7) is 5.39. The highest BCUT2D eigenvalue weighted by Gasteiger charge is 2.17. The molecule has 0 aliphatic carbocycles. The summed E-state index contributed by atoms with van der Waals surface area (Å²) in [7, 11) is 0. The molecule has 2 N–H and O–H groups in total. The van der Waals surface area contributed by atoms with E-state index in [9.17, 15) is 4.79 Å². The highest BCUT2D eigenvalue weighted by Crippen LogP contribution is 2.21. The molecule has 25 heavy (non-hydrogen) atoms. The number of rotatable bonds is 5. The molecule has 1 saturated heterocycles. The van der Waals surface area contributed by atoms with Gasteiger partial charge in [0.05, 0.1) is 23.6 Å². The van der Waals surface area contributed by atoms with Crippen LogP contribution in [0.3, 0.4) is 0 Å². The Morgan fingerprint density at radius 2 is 2.20 bits per heavy atom. The Hall–Kier alpha value is -1.83. The maximum Gasteiger partial charge on any atom is 0.315 e. The predicted molar refractivity (Wildman–Crippen MR) is 100 cm³/mol. The predicted octanol–water partition coefficient (Wildman–Crippen LogP) is 3.02. The molecule has 1 aliphatic rings. The third-order valence-electron chi connectivity index (χ3n) is 3.88. The van der Waals surface area contributed by atoms with Crippen molar-refractivity contribution in [2.24, 2.45) is 0 Å². The Kier molecular flexibility index (Phi) is 6.12. The smallest absolute Gasteiger partial charge is 0.315 e. The molecule has 134 valence electrons. The molecule has 2 aromatic heterocycles. The molecule has 2 amide bonds. The third kappa shape index (κ3) is 5.32. The first-order valence-electron chi connectivity index (χ1n) is 8.17. The van der Waals surface area contributed by atoms with Crippen LogP contribution >= 0.6 is 22.9 Å². The maximum atomic E-state index is 11.9. The van der Waals surface area contributed by atoms with Crippen molar-refractivity contribution in [1.82, 2.24) is 15.6 Å². The summed E-state index contributed by atoms with van der Waals surface area (Å²) in [5.41, 5.74) is 0.958. The Bertz CT molecular complexity index is 707. The Balaban J connectivity index is 1.44. The van der Waals surface area contributed by atoms with E-state index in [2.05, 4.69) is 27.4 Å². The summed E-state index contributed by atoms with van der Waals surface area (Å²) in [5, 5.41) is 5.64. The number of amides is 2. The topological polar surface area (TPSA) is 66.5 Å². The highest BCUT2D eigenvalue weighted by molar-refractivity contribution is 7.16. The summed E-state index contributed by atoms with van der Waals surface area (Å²) in [6, 6.07) is 7.49. The van der Waals surface area contributed by atoms with Crippen LogP contribution in [0.25, 0.3) is 0 Å². The van der Waals surface area contributed by atoms with Gasteiger partial charge < -0.3 is 20.3 Å². The van der Waals surface area contributed by atoms with Gasteiger partial charge in [0.2, 0.25) is 0 Å². The normalized spacial score (nSPS) is 17.4. The lowest BCUT2D eigenvalue weighted by Crippen LogP contribution is -2.41. The van der Waals surface area contributed by atoms with Crippen LogP contribution in [0, 0.1) is 0 Å². The summed E-state index contributed by atoms with van der Waals surface area (Å²) in [5.74, 6) is 0.943. The molecule has 0 bridgehead atoms. The number of hydrogen-bond acceptors (Lipinski definition) is 5. The van der Waals surface area contributed by atoms with Crippen LogP contribution in [0.5, 0.6) is 0 Å². The van der Waals surface area contributed by atoms with Gasteiger partial charge in [-0.25, -0.2) is 9.78 Å². The van der Waals surface area contributed by atoms with Gasteiger partial charge in [0, 0.05) is 30.7 Å². The zero-order chi connectivity index (χ0) is 17.6. The van der Waals surface area contributed by atoms with E-state index in [1.807, 2.05) is 24.3 Å². The fourth-order valence-corrected chi connectivity index (χ4v) is 3.62. The van der Waals surface area contributed by atoms with Crippen LogP contribution in [0.15, 0.2) is 30.5 Å². The minimum Gasteiger partial charge on any atom is -0.375 e. The van der Waals surface area contributed by atoms with Crippen LogP contribution in [-0.2, 0) is 17.8 Å². The van der Waals surface area contributed by atoms with Crippen molar-refractivity contribution in [2.75, 3.05) is 24.6 Å². The molecular formula is C17H21ClN4O2S. The van der Waals surface area contributed by atoms with Gasteiger partial charge in [-0.2, -0.15) is 0 Å². The van der Waals surface area contributed by atoms with Crippen LogP contribution < -0.4 is 15.5 Å². The van der Waals surface area contributed by atoms with E-state index < -0.39 is 0 Å². The lowest BCUT2D eigenvalue weighted by atomic mass is 10.2. The molecule has 3 rings (SSSR count). The highest BCUT2D eigenvalue weighted by atomic mass is 35.5. The molecule has 1 atom stereocenters. The molecule has 1 fully saturated rings. The third-order valence-corrected chi connectivity index (χ3v) is 5.11. The molecule has 6 nitrogen and oxygen atoms in total. The van der Waals surface area contributed by atoms with Gasteiger partial charge in [0.25, 0.3) is 0 Å². The fraction of sp³-hybridized carbons (Fsp3) is 0.412. The number of urea groups is 1. The molecule has 0 spiro atoms. The van der Waals surface area contributed by atoms with Crippen molar-refractivity contribution in [3.05, 3.63) is 45.2 Å². The average Bonchev–Trinajstić information content (AvgIpc) is 3.04. The molecule has 8 heteroatoms. The minimum atomic E-state index is -0.212. The number of morpholine rings is 1. The van der Waals surface area contributed by atoms with Crippen molar-refractivity contribution >= 4 is 34.8 Å². The fourth-order valence-electron chi connectivity index (χ4n) is 2.59. The van der Waals surface area contributed by atoms with Gasteiger partial charge in [-0.3, -0.25) is 0 Å².